The van der Waals surface area contributed by atoms with E-state index in [4.69, 9.17) is 0 Å². The minimum Gasteiger partial charge on any atom is -1.00 e. The van der Waals surface area contributed by atoms with Crippen LogP contribution in [0.1, 0.15) is 78.1 Å². The van der Waals surface area contributed by atoms with Crippen molar-refractivity contribution in [2.75, 3.05) is 19.6 Å². The molecule has 1 N–H and O–H groups in total. The van der Waals surface area contributed by atoms with Crippen molar-refractivity contribution in [3.8, 4) is 0 Å². The molecule has 1 fully saturated rings. The summed E-state index contributed by atoms with van der Waals surface area (Å²) in [4.78, 5) is 1.90. The highest BCUT2D eigenvalue weighted by atomic mass is 35.5. The molecule has 2 heteroatoms. The zero-order valence-electron chi connectivity index (χ0n) is 12.6. The predicted octanol–water partition coefficient (Wildman–Crippen LogP) is 0.446. The molecule has 0 aromatic heterocycles. The average molecular weight is 276 g/mol. The Morgan fingerprint density at radius 1 is 0.889 bits per heavy atom. The number of halogens is 1. The molecule has 1 aliphatic rings. The molecular weight excluding hydrogens is 242 g/mol. The van der Waals surface area contributed by atoms with Crippen molar-refractivity contribution in [2.45, 2.75) is 78.1 Å². The largest absolute Gasteiger partial charge is 1.00 e. The first-order chi connectivity index (χ1) is 8.36. The van der Waals surface area contributed by atoms with Gasteiger partial charge < -0.3 is 17.3 Å². The molecule has 0 amide bonds. The number of quaternary nitrogens is 1. The monoisotopic (exact) mass is 275 g/mol. The molecule has 0 saturated carbocycles. The minimum absolute atomic E-state index is 0. The number of rotatable bonds is 10. The van der Waals surface area contributed by atoms with Crippen molar-refractivity contribution in [3.05, 3.63) is 0 Å². The van der Waals surface area contributed by atoms with Crippen LogP contribution in [0.2, 0.25) is 0 Å². The highest BCUT2D eigenvalue weighted by Crippen LogP contribution is 2.13. The van der Waals surface area contributed by atoms with Crippen LogP contribution in [0, 0.1) is 5.92 Å². The number of hydrogen-bond acceptors (Lipinski definition) is 0. The van der Waals surface area contributed by atoms with E-state index < -0.39 is 0 Å². The molecule has 2 unspecified atom stereocenters. The van der Waals surface area contributed by atoms with Gasteiger partial charge in [-0.3, -0.25) is 0 Å². The van der Waals surface area contributed by atoms with Crippen LogP contribution in [0.15, 0.2) is 0 Å². The smallest absolute Gasteiger partial charge is 0.0801 e. The van der Waals surface area contributed by atoms with Gasteiger partial charge in [-0.15, -0.1) is 0 Å². The van der Waals surface area contributed by atoms with Gasteiger partial charge in [0.2, 0.25) is 0 Å². The van der Waals surface area contributed by atoms with Crippen LogP contribution in [0.25, 0.3) is 0 Å². The van der Waals surface area contributed by atoms with Crippen LogP contribution in [0.4, 0.5) is 0 Å². The van der Waals surface area contributed by atoms with Gasteiger partial charge in [-0.2, -0.15) is 0 Å². The van der Waals surface area contributed by atoms with Gasteiger partial charge in [-0.05, 0) is 19.3 Å². The summed E-state index contributed by atoms with van der Waals surface area (Å²) >= 11 is 0. The summed E-state index contributed by atoms with van der Waals surface area (Å²) < 4.78 is 0. The maximum atomic E-state index is 2.32. The maximum Gasteiger partial charge on any atom is 0.0801 e. The molecule has 0 aromatic carbocycles. The third kappa shape index (κ3) is 8.37. The number of likely N-dealkylation sites (tertiary alicyclic amines) is 1. The normalized spacial score (nSPS) is 23.0. The van der Waals surface area contributed by atoms with E-state index in [2.05, 4.69) is 13.8 Å². The summed E-state index contributed by atoms with van der Waals surface area (Å²) in [7, 11) is 0. The predicted molar refractivity (Wildman–Crippen MR) is 76.6 cm³/mol. The average Bonchev–Trinajstić information content (AvgIpc) is 2.79. The number of hydrogen-bond donors (Lipinski definition) is 1. The first-order valence-corrected chi connectivity index (χ1v) is 8.20. The van der Waals surface area contributed by atoms with E-state index >= 15 is 0 Å². The lowest BCUT2D eigenvalue weighted by atomic mass is 10.0. The van der Waals surface area contributed by atoms with E-state index in [1.165, 1.54) is 83.8 Å². The van der Waals surface area contributed by atoms with Crippen LogP contribution in [-0.2, 0) is 0 Å². The summed E-state index contributed by atoms with van der Waals surface area (Å²) in [6.07, 6.45) is 14.5. The highest BCUT2D eigenvalue weighted by Gasteiger charge is 2.24. The molecule has 18 heavy (non-hydrogen) atoms. The summed E-state index contributed by atoms with van der Waals surface area (Å²) in [6, 6.07) is 0. The Kier molecular flexibility index (Phi) is 12.5. The molecule has 1 saturated heterocycles. The number of nitrogens with one attached hydrogen (secondary N) is 1. The molecule has 0 radical (unpaired) electrons. The van der Waals surface area contributed by atoms with Crippen LogP contribution < -0.4 is 17.3 Å². The molecule has 0 aliphatic carbocycles. The molecular formula is C16H34ClN. The third-order valence-electron chi connectivity index (χ3n) is 4.33. The van der Waals surface area contributed by atoms with Gasteiger partial charge in [0.05, 0.1) is 19.6 Å². The first kappa shape index (κ1) is 18.2. The van der Waals surface area contributed by atoms with Crippen molar-refractivity contribution < 1.29 is 17.3 Å². The fourth-order valence-corrected chi connectivity index (χ4v) is 3.14. The lowest BCUT2D eigenvalue weighted by Crippen LogP contribution is -3.10. The molecule has 1 heterocycles. The van der Waals surface area contributed by atoms with Crippen molar-refractivity contribution in [1.82, 2.24) is 0 Å². The molecule has 1 aliphatic heterocycles. The standard InChI is InChI=1S/C16H33N.ClH/c1-3-5-7-8-9-10-13-17-14-12-16(15-17)11-6-4-2;/h16H,3-15H2,1-2H3;1H. The van der Waals surface area contributed by atoms with Crippen molar-refractivity contribution >= 4 is 0 Å². The Morgan fingerprint density at radius 3 is 2.28 bits per heavy atom. The summed E-state index contributed by atoms with van der Waals surface area (Å²) in [5, 5.41) is 0. The lowest BCUT2D eigenvalue weighted by molar-refractivity contribution is -0.889. The first-order valence-electron chi connectivity index (χ1n) is 8.20. The summed E-state index contributed by atoms with van der Waals surface area (Å²) in [5.74, 6) is 1.06. The highest BCUT2D eigenvalue weighted by molar-refractivity contribution is 4.62. The Labute approximate surface area is 121 Å². The quantitative estimate of drug-likeness (QED) is 0.552. The molecule has 1 nitrogen and oxygen atoms in total. The molecule has 0 aromatic rings. The fraction of sp³-hybridized carbons (Fsp3) is 1.00. The Morgan fingerprint density at radius 2 is 1.56 bits per heavy atom. The molecule has 2 atom stereocenters. The number of unbranched alkanes of at least 4 members (excludes halogenated alkanes) is 6. The second kappa shape index (κ2) is 12.3. The van der Waals surface area contributed by atoms with Crippen molar-refractivity contribution in [1.29, 1.82) is 0 Å². The van der Waals surface area contributed by atoms with E-state index in [9.17, 15) is 0 Å². The van der Waals surface area contributed by atoms with Gasteiger partial charge >= 0.3 is 0 Å². The second-order valence-electron chi connectivity index (χ2n) is 6.02. The van der Waals surface area contributed by atoms with Gasteiger partial charge in [-0.1, -0.05) is 52.4 Å². The molecule has 1 rings (SSSR count). The fourth-order valence-electron chi connectivity index (χ4n) is 3.14. The van der Waals surface area contributed by atoms with E-state index in [0.29, 0.717) is 0 Å². The van der Waals surface area contributed by atoms with Crippen molar-refractivity contribution in [2.24, 2.45) is 5.92 Å². The second-order valence-corrected chi connectivity index (χ2v) is 6.02. The van der Waals surface area contributed by atoms with E-state index in [-0.39, 0.29) is 12.4 Å². The molecule has 0 bridgehead atoms. The topological polar surface area (TPSA) is 4.44 Å². The van der Waals surface area contributed by atoms with Gasteiger partial charge in [0.15, 0.2) is 0 Å². The summed E-state index contributed by atoms with van der Waals surface area (Å²) in [5.41, 5.74) is 0. The lowest BCUT2D eigenvalue weighted by Gasteiger charge is -2.13. The van der Waals surface area contributed by atoms with Crippen LogP contribution in [0.3, 0.4) is 0 Å². The Hall–Kier alpha value is 0.250. The molecule has 0 spiro atoms. The third-order valence-corrected chi connectivity index (χ3v) is 4.33. The van der Waals surface area contributed by atoms with E-state index in [1.807, 2.05) is 4.90 Å². The van der Waals surface area contributed by atoms with E-state index in [1.54, 1.807) is 0 Å². The van der Waals surface area contributed by atoms with Gasteiger partial charge in [0, 0.05) is 12.3 Å². The zero-order valence-corrected chi connectivity index (χ0v) is 13.4. The zero-order chi connectivity index (χ0) is 12.3. The van der Waals surface area contributed by atoms with Gasteiger partial charge in [-0.25, -0.2) is 0 Å². The SMILES string of the molecule is CCCCCCCC[NH+]1CCC(CCCC)C1.[Cl-]. The van der Waals surface area contributed by atoms with Gasteiger partial charge in [0.1, 0.15) is 0 Å². The maximum absolute atomic E-state index is 2.32. The minimum atomic E-state index is 0. The van der Waals surface area contributed by atoms with Crippen LogP contribution in [-0.4, -0.2) is 19.6 Å². The van der Waals surface area contributed by atoms with E-state index in [0.717, 1.165) is 5.92 Å². The van der Waals surface area contributed by atoms with Crippen LogP contribution in [0.5, 0.6) is 0 Å². The summed E-state index contributed by atoms with van der Waals surface area (Å²) in [6.45, 7) is 9.01. The van der Waals surface area contributed by atoms with Gasteiger partial charge in [0.25, 0.3) is 0 Å². The molecule has 110 valence electrons. The van der Waals surface area contributed by atoms with Crippen molar-refractivity contribution in [3.63, 3.8) is 0 Å². The Balaban J connectivity index is 0.00000289. The Bertz CT molecular complexity index is 172. The van der Waals surface area contributed by atoms with Crippen LogP contribution >= 0.6 is 0 Å².